The molecule has 24 heavy (non-hydrogen) atoms. The molecule has 1 saturated heterocycles. The lowest BCUT2D eigenvalue weighted by atomic mass is 9.97. The molecule has 1 fully saturated rings. The second-order valence-corrected chi connectivity index (χ2v) is 6.62. The largest absolute Gasteiger partial charge is 0.396 e. The molecule has 1 aliphatic heterocycles. The molecule has 1 aliphatic rings. The van der Waals surface area contributed by atoms with E-state index in [2.05, 4.69) is 28.5 Å². The maximum atomic E-state index is 11.9. The van der Waals surface area contributed by atoms with Crippen molar-refractivity contribution >= 4 is 11.6 Å². The standard InChI is InChI=1S/C19H31N3O2/c1-2-3-10-20-19(24)13-21-18-7-5-4-6-17(18)14-22-11-8-16(15-23)9-12-22/h4-7,16,21,23H,2-3,8-15H2,1H3,(H,20,24). The SMILES string of the molecule is CCCCNC(=O)CNc1ccccc1CN1CCC(CO)CC1. The number of amides is 1. The fourth-order valence-electron chi connectivity index (χ4n) is 3.04. The maximum absolute atomic E-state index is 11.9. The number of benzene rings is 1. The van der Waals surface area contributed by atoms with Crippen LogP contribution in [0.15, 0.2) is 24.3 Å². The van der Waals surface area contributed by atoms with Crippen LogP contribution in [0.2, 0.25) is 0 Å². The van der Waals surface area contributed by atoms with Gasteiger partial charge in [0.2, 0.25) is 5.91 Å². The molecular formula is C19H31N3O2. The lowest BCUT2D eigenvalue weighted by molar-refractivity contribution is -0.119. The number of anilines is 1. The summed E-state index contributed by atoms with van der Waals surface area (Å²) in [5, 5.41) is 15.4. The van der Waals surface area contributed by atoms with Crippen molar-refractivity contribution in [3.63, 3.8) is 0 Å². The molecule has 0 radical (unpaired) electrons. The van der Waals surface area contributed by atoms with Gasteiger partial charge in [0.1, 0.15) is 0 Å². The van der Waals surface area contributed by atoms with Gasteiger partial charge in [0.15, 0.2) is 0 Å². The van der Waals surface area contributed by atoms with E-state index >= 15 is 0 Å². The summed E-state index contributed by atoms with van der Waals surface area (Å²) in [6.45, 7) is 6.42. The van der Waals surface area contributed by atoms with E-state index in [1.807, 2.05) is 18.2 Å². The molecule has 5 nitrogen and oxygen atoms in total. The first-order valence-corrected chi connectivity index (χ1v) is 9.14. The minimum atomic E-state index is 0.0435. The van der Waals surface area contributed by atoms with Gasteiger partial charge in [-0.15, -0.1) is 0 Å². The first kappa shape index (κ1) is 18.7. The first-order valence-electron chi connectivity index (χ1n) is 9.14. The molecule has 0 aromatic heterocycles. The molecule has 2 rings (SSSR count). The van der Waals surface area contributed by atoms with Crippen molar-refractivity contribution in [3.8, 4) is 0 Å². The molecule has 1 amide bonds. The maximum Gasteiger partial charge on any atom is 0.239 e. The number of piperidine rings is 1. The summed E-state index contributed by atoms with van der Waals surface area (Å²) >= 11 is 0. The van der Waals surface area contributed by atoms with Crippen LogP contribution >= 0.6 is 0 Å². The fourth-order valence-corrected chi connectivity index (χ4v) is 3.04. The van der Waals surface area contributed by atoms with Gasteiger partial charge in [0.25, 0.3) is 0 Å². The van der Waals surface area contributed by atoms with Gasteiger partial charge < -0.3 is 15.7 Å². The van der Waals surface area contributed by atoms with Crippen molar-refractivity contribution in [2.75, 3.05) is 38.1 Å². The van der Waals surface area contributed by atoms with Crippen LogP contribution in [0, 0.1) is 5.92 Å². The molecule has 0 atom stereocenters. The van der Waals surface area contributed by atoms with Crippen LogP contribution < -0.4 is 10.6 Å². The molecule has 0 spiro atoms. The monoisotopic (exact) mass is 333 g/mol. The first-order chi connectivity index (χ1) is 11.7. The normalized spacial score (nSPS) is 16.1. The van der Waals surface area contributed by atoms with Crippen molar-refractivity contribution in [1.82, 2.24) is 10.2 Å². The van der Waals surface area contributed by atoms with Gasteiger partial charge >= 0.3 is 0 Å². The van der Waals surface area contributed by atoms with Crippen LogP contribution in [-0.4, -0.2) is 48.7 Å². The highest BCUT2D eigenvalue weighted by atomic mass is 16.3. The number of hydrogen-bond acceptors (Lipinski definition) is 4. The molecule has 3 N–H and O–H groups in total. The molecule has 1 aromatic carbocycles. The minimum absolute atomic E-state index is 0.0435. The summed E-state index contributed by atoms with van der Waals surface area (Å²) in [4.78, 5) is 14.3. The van der Waals surface area contributed by atoms with E-state index in [9.17, 15) is 9.90 Å². The Morgan fingerprint density at radius 1 is 1.29 bits per heavy atom. The summed E-state index contributed by atoms with van der Waals surface area (Å²) in [5.41, 5.74) is 2.26. The second-order valence-electron chi connectivity index (χ2n) is 6.62. The Labute approximate surface area is 145 Å². The van der Waals surface area contributed by atoms with Gasteiger partial charge in [0.05, 0.1) is 6.54 Å². The van der Waals surface area contributed by atoms with Gasteiger partial charge in [0, 0.05) is 25.4 Å². The van der Waals surface area contributed by atoms with Crippen LogP contribution in [-0.2, 0) is 11.3 Å². The van der Waals surface area contributed by atoms with Crippen molar-refractivity contribution in [1.29, 1.82) is 0 Å². The van der Waals surface area contributed by atoms with E-state index in [1.165, 1.54) is 5.56 Å². The van der Waals surface area contributed by atoms with Crippen molar-refractivity contribution in [2.24, 2.45) is 5.92 Å². The quantitative estimate of drug-likeness (QED) is 0.606. The van der Waals surface area contributed by atoms with Crippen molar-refractivity contribution in [2.45, 2.75) is 39.2 Å². The number of nitrogens with one attached hydrogen (secondary N) is 2. The van der Waals surface area contributed by atoms with Crippen molar-refractivity contribution < 1.29 is 9.90 Å². The molecule has 1 heterocycles. The van der Waals surface area contributed by atoms with Gasteiger partial charge in [-0.2, -0.15) is 0 Å². The highest BCUT2D eigenvalue weighted by Crippen LogP contribution is 2.22. The number of hydrogen-bond donors (Lipinski definition) is 3. The van der Waals surface area contributed by atoms with Crippen LogP contribution in [0.25, 0.3) is 0 Å². The lowest BCUT2D eigenvalue weighted by Crippen LogP contribution is -2.34. The molecule has 0 bridgehead atoms. The zero-order valence-electron chi connectivity index (χ0n) is 14.8. The average Bonchev–Trinajstić information content (AvgIpc) is 2.62. The average molecular weight is 333 g/mol. The number of carbonyl (C=O) groups is 1. The third-order valence-corrected chi connectivity index (χ3v) is 4.67. The third-order valence-electron chi connectivity index (χ3n) is 4.67. The number of carbonyl (C=O) groups excluding carboxylic acids is 1. The smallest absolute Gasteiger partial charge is 0.239 e. The summed E-state index contributed by atoms with van der Waals surface area (Å²) in [7, 11) is 0. The summed E-state index contributed by atoms with van der Waals surface area (Å²) in [5.74, 6) is 0.503. The van der Waals surface area contributed by atoms with E-state index < -0.39 is 0 Å². The predicted octanol–water partition coefficient (Wildman–Crippen LogP) is 2.22. The third kappa shape index (κ3) is 6.13. The van der Waals surface area contributed by atoms with Crippen LogP contribution in [0.4, 0.5) is 5.69 Å². The number of aliphatic hydroxyl groups excluding tert-OH is 1. The Hall–Kier alpha value is -1.59. The van der Waals surface area contributed by atoms with E-state index in [-0.39, 0.29) is 5.91 Å². The Kier molecular flexibility index (Phi) is 8.05. The van der Waals surface area contributed by atoms with Gasteiger partial charge in [-0.3, -0.25) is 9.69 Å². The lowest BCUT2D eigenvalue weighted by Gasteiger charge is -2.31. The Balaban J connectivity index is 1.82. The van der Waals surface area contributed by atoms with Crippen LogP contribution in [0.3, 0.4) is 0 Å². The molecule has 0 unspecified atom stereocenters. The highest BCUT2D eigenvalue weighted by molar-refractivity contribution is 5.80. The van der Waals surface area contributed by atoms with E-state index in [4.69, 9.17) is 0 Å². The Morgan fingerprint density at radius 2 is 2.04 bits per heavy atom. The summed E-state index contributed by atoms with van der Waals surface area (Å²) in [6, 6.07) is 8.20. The molecular weight excluding hydrogens is 302 g/mol. The molecule has 0 aliphatic carbocycles. The minimum Gasteiger partial charge on any atom is -0.396 e. The fraction of sp³-hybridized carbons (Fsp3) is 0.632. The van der Waals surface area contributed by atoms with Crippen LogP contribution in [0.1, 0.15) is 38.2 Å². The Morgan fingerprint density at radius 3 is 2.75 bits per heavy atom. The summed E-state index contributed by atoms with van der Waals surface area (Å²) in [6.07, 6.45) is 4.23. The highest BCUT2D eigenvalue weighted by Gasteiger charge is 2.19. The number of nitrogens with zero attached hydrogens (tertiary/aromatic N) is 1. The number of para-hydroxylation sites is 1. The van der Waals surface area contributed by atoms with Gasteiger partial charge in [-0.25, -0.2) is 0 Å². The van der Waals surface area contributed by atoms with Crippen LogP contribution in [0.5, 0.6) is 0 Å². The summed E-state index contributed by atoms with van der Waals surface area (Å²) < 4.78 is 0. The van der Waals surface area contributed by atoms with E-state index in [0.717, 1.165) is 57.5 Å². The molecule has 1 aromatic rings. The number of unbranched alkanes of at least 4 members (excludes halogenated alkanes) is 1. The topological polar surface area (TPSA) is 64.6 Å². The molecule has 5 heteroatoms. The molecule has 134 valence electrons. The number of likely N-dealkylation sites (tertiary alicyclic amines) is 1. The number of aliphatic hydroxyl groups is 1. The Bertz CT molecular complexity index is 499. The number of rotatable bonds is 9. The molecule has 0 saturated carbocycles. The van der Waals surface area contributed by atoms with Gasteiger partial charge in [-0.1, -0.05) is 31.5 Å². The second kappa shape index (κ2) is 10.3. The zero-order valence-corrected chi connectivity index (χ0v) is 14.8. The van der Waals surface area contributed by atoms with E-state index in [0.29, 0.717) is 19.1 Å². The zero-order chi connectivity index (χ0) is 17.2. The predicted molar refractivity (Wildman–Crippen MR) is 97.9 cm³/mol. The van der Waals surface area contributed by atoms with E-state index in [1.54, 1.807) is 0 Å². The van der Waals surface area contributed by atoms with Crippen molar-refractivity contribution in [3.05, 3.63) is 29.8 Å². The van der Waals surface area contributed by atoms with Gasteiger partial charge in [-0.05, 0) is 49.9 Å².